The van der Waals surface area contributed by atoms with Gasteiger partial charge in [-0.25, -0.2) is 19.1 Å². The third-order valence-corrected chi connectivity index (χ3v) is 6.14. The molecule has 1 aliphatic rings. The minimum absolute atomic E-state index is 0.0858. The molecule has 15 heteroatoms. The lowest BCUT2D eigenvalue weighted by atomic mass is 10.1. The molecule has 4 rings (SSSR count). The van der Waals surface area contributed by atoms with Crippen molar-refractivity contribution in [3.05, 3.63) is 57.3 Å². The maximum absolute atomic E-state index is 12.7. The van der Waals surface area contributed by atoms with Gasteiger partial charge in [-0.3, -0.25) is 14.2 Å². The lowest BCUT2D eigenvalue weighted by molar-refractivity contribution is -0.765. The smallest absolute Gasteiger partial charge is 0.344 e. The SMILES string of the molecule is Cn1cnc2c1c(=O)n(CC(=O)OCCCOC(=O)c1ccc[n+]([C@@H]3O[C@H](CO)[C@@H](O)[C@H]3O)c1)c(=O)n2C. The van der Waals surface area contributed by atoms with Crippen LogP contribution in [0.3, 0.4) is 0 Å². The lowest BCUT2D eigenvalue weighted by Crippen LogP contribution is -2.46. The molecule has 15 nitrogen and oxygen atoms in total. The van der Waals surface area contributed by atoms with Crippen molar-refractivity contribution in [1.82, 2.24) is 18.7 Å². The summed E-state index contributed by atoms with van der Waals surface area (Å²) in [5, 5.41) is 29.3. The van der Waals surface area contributed by atoms with Crippen LogP contribution in [0, 0.1) is 0 Å². The van der Waals surface area contributed by atoms with Crippen LogP contribution in [0.4, 0.5) is 0 Å². The third-order valence-electron chi connectivity index (χ3n) is 6.14. The van der Waals surface area contributed by atoms with Crippen molar-refractivity contribution >= 4 is 23.1 Å². The number of aryl methyl sites for hydroxylation is 2. The van der Waals surface area contributed by atoms with Crippen LogP contribution in [-0.4, -0.2) is 84.1 Å². The summed E-state index contributed by atoms with van der Waals surface area (Å²) in [4.78, 5) is 53.8. The molecule has 0 amide bonds. The molecule has 0 saturated carbocycles. The fourth-order valence-electron chi connectivity index (χ4n) is 4.10. The van der Waals surface area contributed by atoms with Crippen LogP contribution in [0.2, 0.25) is 0 Å². The van der Waals surface area contributed by atoms with Crippen LogP contribution in [0.1, 0.15) is 23.0 Å². The summed E-state index contributed by atoms with van der Waals surface area (Å²) < 4.78 is 20.5. The van der Waals surface area contributed by atoms with Crippen molar-refractivity contribution in [2.45, 2.75) is 37.5 Å². The van der Waals surface area contributed by atoms with E-state index in [1.54, 1.807) is 7.05 Å². The number of ether oxygens (including phenoxy) is 3. The van der Waals surface area contributed by atoms with E-state index in [1.165, 1.54) is 51.6 Å². The molecule has 3 N–H and O–H groups in total. The van der Waals surface area contributed by atoms with Gasteiger partial charge < -0.3 is 34.1 Å². The topological polar surface area (TPSA) is 188 Å². The van der Waals surface area contributed by atoms with Crippen molar-refractivity contribution < 1.29 is 43.7 Å². The molecule has 4 atom stereocenters. The Bertz CT molecular complexity index is 1460. The molecular formula is C23H28N5O10+. The van der Waals surface area contributed by atoms with E-state index in [2.05, 4.69) is 4.98 Å². The third kappa shape index (κ3) is 5.22. The Labute approximate surface area is 214 Å². The van der Waals surface area contributed by atoms with Gasteiger partial charge in [-0.15, -0.1) is 0 Å². The highest BCUT2D eigenvalue weighted by atomic mass is 16.6. The summed E-state index contributed by atoms with van der Waals surface area (Å²) in [5.74, 6) is -1.49. The van der Waals surface area contributed by atoms with Crippen molar-refractivity contribution in [2.24, 2.45) is 14.1 Å². The predicted molar refractivity (Wildman–Crippen MR) is 126 cm³/mol. The number of esters is 2. The molecular weight excluding hydrogens is 506 g/mol. The van der Waals surface area contributed by atoms with Gasteiger partial charge in [-0.1, -0.05) is 0 Å². The number of rotatable bonds is 9. The first-order valence-corrected chi connectivity index (χ1v) is 11.7. The molecule has 0 bridgehead atoms. The number of aliphatic hydroxyl groups is 3. The lowest BCUT2D eigenvalue weighted by Gasteiger charge is -2.11. The van der Waals surface area contributed by atoms with Crippen molar-refractivity contribution in [1.29, 1.82) is 0 Å². The normalized spacial score (nSPS) is 21.1. The number of pyridine rings is 1. The number of imidazole rings is 1. The van der Waals surface area contributed by atoms with Gasteiger partial charge in [0, 0.05) is 26.6 Å². The number of aliphatic hydroxyl groups excluding tert-OH is 3. The number of hydrogen-bond acceptors (Lipinski definition) is 11. The van der Waals surface area contributed by atoms with Gasteiger partial charge >= 0.3 is 17.6 Å². The maximum atomic E-state index is 12.7. The Morgan fingerprint density at radius 1 is 1.16 bits per heavy atom. The van der Waals surface area contributed by atoms with Gasteiger partial charge in [0.2, 0.25) is 0 Å². The molecule has 3 aromatic rings. The number of carbonyl (C=O) groups is 2. The van der Waals surface area contributed by atoms with Crippen molar-refractivity contribution in [3.8, 4) is 0 Å². The van der Waals surface area contributed by atoms with Crippen LogP contribution in [0.15, 0.2) is 40.4 Å². The molecule has 0 radical (unpaired) electrons. The standard InChI is InChI=1S/C23H28N5O10/c1-25-12-24-19-16(25)20(33)28(23(35)26(19)2)10-15(30)36-7-4-8-37-22(34)13-5-3-6-27(9-13)21-18(32)17(31)14(11-29)38-21/h3,5-6,9,12,14,17-18,21,29,31-32H,4,7-8,10-11H2,1-2H3/q+1/t14-,17-,18-,21-/m1/s1. The number of fused-ring (bicyclic) bond motifs is 1. The number of hydrogen-bond donors (Lipinski definition) is 3. The molecule has 0 spiro atoms. The summed E-state index contributed by atoms with van der Waals surface area (Å²) >= 11 is 0. The van der Waals surface area contributed by atoms with Gasteiger partial charge in [-0.2, -0.15) is 4.57 Å². The quantitative estimate of drug-likeness (QED) is 0.145. The number of carbonyl (C=O) groups excluding carboxylic acids is 2. The second kappa shape index (κ2) is 11.2. The molecule has 1 aliphatic heterocycles. The van der Waals surface area contributed by atoms with E-state index in [9.17, 15) is 34.5 Å². The van der Waals surface area contributed by atoms with Crippen LogP contribution in [-0.2, 0) is 39.6 Å². The first-order chi connectivity index (χ1) is 18.1. The fraction of sp³-hybridized carbons (Fsp3) is 0.478. The number of aromatic nitrogens is 5. The minimum Gasteiger partial charge on any atom is -0.464 e. The van der Waals surface area contributed by atoms with E-state index < -0.39 is 60.9 Å². The van der Waals surface area contributed by atoms with Gasteiger partial charge in [0.05, 0.1) is 26.1 Å². The molecule has 204 valence electrons. The van der Waals surface area contributed by atoms with Crippen LogP contribution < -0.4 is 15.8 Å². The minimum atomic E-state index is -1.31. The Morgan fingerprint density at radius 3 is 2.61 bits per heavy atom. The van der Waals surface area contributed by atoms with Gasteiger partial charge in [-0.05, 0) is 6.07 Å². The zero-order chi connectivity index (χ0) is 27.6. The van der Waals surface area contributed by atoms with E-state index >= 15 is 0 Å². The Hall–Kier alpha value is -3.92. The second-order valence-corrected chi connectivity index (χ2v) is 8.74. The highest BCUT2D eigenvalue weighted by molar-refractivity contribution is 5.88. The van der Waals surface area contributed by atoms with Crippen LogP contribution >= 0.6 is 0 Å². The monoisotopic (exact) mass is 534 g/mol. The van der Waals surface area contributed by atoms with Gasteiger partial charge in [0.15, 0.2) is 29.7 Å². The van der Waals surface area contributed by atoms with E-state index in [0.29, 0.717) is 0 Å². The van der Waals surface area contributed by atoms with E-state index in [-0.39, 0.29) is 36.4 Å². The number of nitrogens with zero attached hydrogens (tertiary/aromatic N) is 5. The average Bonchev–Trinajstić information content (AvgIpc) is 3.44. The van der Waals surface area contributed by atoms with Gasteiger partial charge in [0.25, 0.3) is 11.8 Å². The van der Waals surface area contributed by atoms with Crippen LogP contribution in [0.25, 0.3) is 11.2 Å². The Morgan fingerprint density at radius 2 is 1.89 bits per heavy atom. The highest BCUT2D eigenvalue weighted by Gasteiger charge is 2.48. The zero-order valence-electron chi connectivity index (χ0n) is 20.7. The average molecular weight is 535 g/mol. The molecule has 4 heterocycles. The Balaban J connectivity index is 1.27. The fourth-order valence-corrected chi connectivity index (χ4v) is 4.10. The Kier molecular flexibility index (Phi) is 8.01. The molecule has 3 aromatic heterocycles. The second-order valence-electron chi connectivity index (χ2n) is 8.74. The zero-order valence-corrected chi connectivity index (χ0v) is 20.7. The van der Waals surface area contributed by atoms with E-state index in [4.69, 9.17) is 14.2 Å². The summed E-state index contributed by atoms with van der Waals surface area (Å²) in [6.45, 7) is -1.27. The summed E-state index contributed by atoms with van der Waals surface area (Å²) in [6, 6.07) is 3.01. The van der Waals surface area contributed by atoms with Crippen molar-refractivity contribution in [2.75, 3.05) is 19.8 Å². The predicted octanol–water partition coefficient (Wildman–Crippen LogP) is -2.88. The largest absolute Gasteiger partial charge is 0.464 e. The van der Waals surface area contributed by atoms with Gasteiger partial charge in [0.1, 0.15) is 24.3 Å². The van der Waals surface area contributed by atoms with E-state index in [0.717, 1.165) is 4.57 Å². The molecule has 0 unspecified atom stereocenters. The first kappa shape index (κ1) is 27.1. The molecule has 1 fully saturated rings. The summed E-state index contributed by atoms with van der Waals surface area (Å²) in [7, 11) is 3.04. The summed E-state index contributed by atoms with van der Waals surface area (Å²) in [5.41, 5.74) is -0.845. The highest BCUT2D eigenvalue weighted by Crippen LogP contribution is 2.25. The molecule has 0 aliphatic carbocycles. The summed E-state index contributed by atoms with van der Waals surface area (Å²) in [6.07, 6.45) is -0.0880. The van der Waals surface area contributed by atoms with Crippen molar-refractivity contribution in [3.63, 3.8) is 0 Å². The van der Waals surface area contributed by atoms with Crippen LogP contribution in [0.5, 0.6) is 0 Å². The maximum Gasteiger partial charge on any atom is 0.344 e. The molecule has 0 aromatic carbocycles. The first-order valence-electron chi connectivity index (χ1n) is 11.7. The molecule has 38 heavy (non-hydrogen) atoms. The molecule has 1 saturated heterocycles. The van der Waals surface area contributed by atoms with E-state index in [1.807, 2.05) is 0 Å².